The smallest absolute Gasteiger partial charge is 0.265 e. The molecule has 0 aliphatic heterocycles. The van der Waals surface area contributed by atoms with Gasteiger partial charge in [-0.15, -0.1) is 0 Å². The highest BCUT2D eigenvalue weighted by Crippen LogP contribution is 2.31. The van der Waals surface area contributed by atoms with Gasteiger partial charge in [0.25, 0.3) is 10.0 Å². The van der Waals surface area contributed by atoms with Crippen molar-refractivity contribution in [1.29, 1.82) is 0 Å². The average Bonchev–Trinajstić information content (AvgIpc) is 3.12. The first-order chi connectivity index (χ1) is 11.9. The van der Waals surface area contributed by atoms with Crippen molar-refractivity contribution in [2.24, 2.45) is 0 Å². The van der Waals surface area contributed by atoms with Gasteiger partial charge >= 0.3 is 0 Å². The molecule has 0 bridgehead atoms. The molecule has 0 saturated carbocycles. The maximum Gasteiger partial charge on any atom is 0.265 e. The molecule has 25 heavy (non-hydrogen) atoms. The number of nitrogens with zero attached hydrogens (tertiary/aromatic N) is 1. The van der Waals surface area contributed by atoms with Crippen molar-refractivity contribution in [2.45, 2.75) is 18.7 Å². The molecule has 0 unspecified atom stereocenters. The van der Waals surface area contributed by atoms with Crippen LogP contribution in [-0.4, -0.2) is 20.7 Å². The Morgan fingerprint density at radius 3 is 2.48 bits per heavy atom. The maximum atomic E-state index is 12.7. The summed E-state index contributed by atoms with van der Waals surface area (Å²) in [5.74, 6) is 0.759. The topological polar surface area (TPSA) is 81.4 Å². The number of aromatic nitrogens is 1. The highest BCUT2D eigenvalue weighted by molar-refractivity contribution is 7.92. The molecule has 1 N–H and O–H groups in total. The third-order valence-corrected chi connectivity index (χ3v) is 5.36. The lowest BCUT2D eigenvalue weighted by Crippen LogP contribution is -2.14. The standard InChI is InChI=1S/C18H18N2O4S/c1-12-4-6-15(10-13(12)2)20-25(21,22)18-7-5-14(11-17(18)23-3)16-8-9-19-24-16/h4-11,20H,1-3H3. The van der Waals surface area contributed by atoms with Crippen LogP contribution < -0.4 is 9.46 Å². The molecule has 3 aromatic rings. The summed E-state index contributed by atoms with van der Waals surface area (Å²) in [6.45, 7) is 3.90. The van der Waals surface area contributed by atoms with E-state index >= 15 is 0 Å². The molecule has 130 valence electrons. The van der Waals surface area contributed by atoms with Crippen LogP contribution in [0.2, 0.25) is 0 Å². The summed E-state index contributed by atoms with van der Waals surface area (Å²) >= 11 is 0. The quantitative estimate of drug-likeness (QED) is 0.751. The Balaban J connectivity index is 1.97. The van der Waals surface area contributed by atoms with Crippen LogP contribution in [0, 0.1) is 13.8 Å². The Morgan fingerprint density at radius 2 is 1.84 bits per heavy atom. The second-order valence-electron chi connectivity index (χ2n) is 5.65. The minimum Gasteiger partial charge on any atom is -0.495 e. The lowest BCUT2D eigenvalue weighted by molar-refractivity contribution is 0.402. The first-order valence-corrected chi connectivity index (χ1v) is 9.08. The average molecular weight is 358 g/mol. The van der Waals surface area contributed by atoms with Crippen molar-refractivity contribution in [3.63, 3.8) is 0 Å². The monoisotopic (exact) mass is 358 g/mol. The first kappa shape index (κ1) is 17.0. The van der Waals surface area contributed by atoms with E-state index in [1.807, 2.05) is 19.9 Å². The summed E-state index contributed by atoms with van der Waals surface area (Å²) in [6, 6.07) is 11.8. The molecule has 2 aromatic carbocycles. The molecule has 1 aromatic heterocycles. The van der Waals surface area contributed by atoms with E-state index in [0.29, 0.717) is 17.0 Å². The van der Waals surface area contributed by atoms with Gasteiger partial charge in [-0.25, -0.2) is 8.42 Å². The maximum absolute atomic E-state index is 12.7. The van der Waals surface area contributed by atoms with E-state index in [4.69, 9.17) is 9.26 Å². The molecule has 0 fully saturated rings. The zero-order valence-corrected chi connectivity index (χ0v) is 14.9. The molecule has 0 atom stereocenters. The molecule has 0 amide bonds. The molecule has 0 saturated heterocycles. The Bertz CT molecular complexity index is 996. The molecule has 0 aliphatic rings. The van der Waals surface area contributed by atoms with Crippen LogP contribution in [0.5, 0.6) is 5.75 Å². The normalized spacial score (nSPS) is 11.3. The van der Waals surface area contributed by atoms with Crippen LogP contribution in [0.1, 0.15) is 11.1 Å². The van der Waals surface area contributed by atoms with E-state index in [0.717, 1.165) is 11.1 Å². The number of methoxy groups -OCH3 is 1. The summed E-state index contributed by atoms with van der Waals surface area (Å²) in [5.41, 5.74) is 3.29. The Morgan fingerprint density at radius 1 is 1.04 bits per heavy atom. The second kappa shape index (κ2) is 6.60. The fourth-order valence-corrected chi connectivity index (χ4v) is 3.62. The number of benzene rings is 2. The lowest BCUT2D eigenvalue weighted by atomic mass is 10.1. The van der Waals surface area contributed by atoms with E-state index < -0.39 is 10.0 Å². The van der Waals surface area contributed by atoms with Crippen molar-refractivity contribution in [3.05, 3.63) is 59.8 Å². The van der Waals surface area contributed by atoms with Crippen molar-refractivity contribution in [3.8, 4) is 17.1 Å². The second-order valence-corrected chi connectivity index (χ2v) is 7.30. The molecular formula is C18H18N2O4S. The van der Waals surface area contributed by atoms with Gasteiger partial charge in [-0.05, 0) is 55.3 Å². The lowest BCUT2D eigenvalue weighted by Gasteiger charge is -2.13. The third-order valence-electron chi connectivity index (χ3n) is 3.93. The number of hydrogen-bond donors (Lipinski definition) is 1. The Kier molecular flexibility index (Phi) is 4.50. The zero-order chi connectivity index (χ0) is 18.0. The predicted octanol–water partition coefficient (Wildman–Crippen LogP) is 3.77. The van der Waals surface area contributed by atoms with E-state index in [9.17, 15) is 8.42 Å². The van der Waals surface area contributed by atoms with Gasteiger partial charge in [0.05, 0.1) is 13.3 Å². The molecule has 0 spiro atoms. The van der Waals surface area contributed by atoms with Crippen LogP contribution in [0.15, 0.2) is 58.1 Å². The number of aryl methyl sites for hydroxylation is 2. The van der Waals surface area contributed by atoms with Gasteiger partial charge < -0.3 is 9.26 Å². The highest BCUT2D eigenvalue weighted by Gasteiger charge is 2.21. The van der Waals surface area contributed by atoms with Gasteiger partial charge in [0.15, 0.2) is 5.76 Å². The number of sulfonamides is 1. The fourth-order valence-electron chi connectivity index (χ4n) is 2.42. The summed E-state index contributed by atoms with van der Waals surface area (Å²) in [7, 11) is -2.37. The van der Waals surface area contributed by atoms with Crippen molar-refractivity contribution >= 4 is 15.7 Å². The fraction of sp³-hybridized carbons (Fsp3) is 0.167. The van der Waals surface area contributed by atoms with E-state index in [1.54, 1.807) is 30.3 Å². The molecule has 1 heterocycles. The number of ether oxygens (including phenoxy) is 1. The molecule has 6 nitrogen and oxygen atoms in total. The van der Waals surface area contributed by atoms with E-state index in [1.165, 1.54) is 19.4 Å². The van der Waals surface area contributed by atoms with Crippen molar-refractivity contribution < 1.29 is 17.7 Å². The molecule has 0 radical (unpaired) electrons. The summed E-state index contributed by atoms with van der Waals surface area (Å²) in [6.07, 6.45) is 1.52. The van der Waals surface area contributed by atoms with Crippen LogP contribution in [0.25, 0.3) is 11.3 Å². The predicted molar refractivity (Wildman–Crippen MR) is 95.2 cm³/mol. The molecule has 0 aliphatic carbocycles. The first-order valence-electron chi connectivity index (χ1n) is 7.60. The highest BCUT2D eigenvalue weighted by atomic mass is 32.2. The zero-order valence-electron chi connectivity index (χ0n) is 14.1. The minimum atomic E-state index is -3.79. The largest absolute Gasteiger partial charge is 0.495 e. The molecular weight excluding hydrogens is 340 g/mol. The van der Waals surface area contributed by atoms with Gasteiger partial charge in [0, 0.05) is 17.3 Å². The van der Waals surface area contributed by atoms with Crippen LogP contribution >= 0.6 is 0 Å². The van der Waals surface area contributed by atoms with E-state index in [2.05, 4.69) is 9.88 Å². The van der Waals surface area contributed by atoms with Gasteiger partial charge in [0.2, 0.25) is 0 Å². The molecule has 3 rings (SSSR count). The third kappa shape index (κ3) is 3.51. The summed E-state index contributed by atoms with van der Waals surface area (Å²) < 4.78 is 38.4. The van der Waals surface area contributed by atoms with E-state index in [-0.39, 0.29) is 10.6 Å². The number of rotatable bonds is 5. The van der Waals surface area contributed by atoms with Crippen LogP contribution in [-0.2, 0) is 10.0 Å². The van der Waals surface area contributed by atoms with Gasteiger partial charge in [0.1, 0.15) is 10.6 Å². The SMILES string of the molecule is COc1cc(-c2ccno2)ccc1S(=O)(=O)Nc1ccc(C)c(C)c1. The van der Waals surface area contributed by atoms with Crippen molar-refractivity contribution in [1.82, 2.24) is 5.16 Å². The molecule has 7 heteroatoms. The Labute approximate surface area is 146 Å². The van der Waals surface area contributed by atoms with Crippen molar-refractivity contribution in [2.75, 3.05) is 11.8 Å². The summed E-state index contributed by atoms with van der Waals surface area (Å²) in [5, 5.41) is 3.65. The van der Waals surface area contributed by atoms with Gasteiger partial charge in [-0.3, -0.25) is 4.72 Å². The van der Waals surface area contributed by atoms with Gasteiger partial charge in [-0.2, -0.15) is 0 Å². The number of nitrogens with one attached hydrogen (secondary N) is 1. The van der Waals surface area contributed by atoms with Crippen LogP contribution in [0.4, 0.5) is 5.69 Å². The Hall–Kier alpha value is -2.80. The number of anilines is 1. The summed E-state index contributed by atoms with van der Waals surface area (Å²) in [4.78, 5) is 0.0523. The van der Waals surface area contributed by atoms with Gasteiger partial charge in [-0.1, -0.05) is 11.2 Å². The van der Waals surface area contributed by atoms with Crippen LogP contribution in [0.3, 0.4) is 0 Å². The number of hydrogen-bond acceptors (Lipinski definition) is 5. The minimum absolute atomic E-state index is 0.0523.